The van der Waals surface area contributed by atoms with Gasteiger partial charge in [0.05, 0.1) is 25.2 Å². The van der Waals surface area contributed by atoms with Crippen molar-refractivity contribution in [1.29, 1.82) is 0 Å². The minimum atomic E-state index is -0.685. The Morgan fingerprint density at radius 1 is 0.396 bits per heavy atom. The van der Waals surface area contributed by atoms with Crippen molar-refractivity contribution in [2.45, 2.75) is 96.0 Å². The molecule has 0 N–H and O–H groups in total. The molecule has 1 heterocycles. The predicted molar refractivity (Wildman–Crippen MR) is 399 cm³/mol. The van der Waals surface area contributed by atoms with Crippen LogP contribution in [0.25, 0.3) is 33.4 Å². The number of unbranched alkanes of at least 4 members (excludes halogenated alkanes) is 3. The molecule has 0 saturated carbocycles. The lowest BCUT2D eigenvalue weighted by atomic mass is 9.67. The largest absolute Gasteiger partial charge is 0.494 e. The van der Waals surface area contributed by atoms with E-state index >= 15 is 0 Å². The van der Waals surface area contributed by atoms with Crippen molar-refractivity contribution in [3.8, 4) is 44.9 Å². The van der Waals surface area contributed by atoms with Gasteiger partial charge in [0.1, 0.15) is 18.1 Å². The Kier molecular flexibility index (Phi) is 19.2. The zero-order valence-corrected chi connectivity index (χ0v) is 55.7. The highest BCUT2D eigenvalue weighted by molar-refractivity contribution is 5.91. The standard InChI is InChI=1S/C91H86N2O3/c1-4-69(61-67(3)70-43-53-84(54-44-70)95-60-24-7-6-23-59-90(5-2)65-94-66-90)71-37-35-68(36-38-71)64-96-85-55-47-77(48-56-85)91(76-25-13-8-14-26-76)88-62-74(72-39-49-82(50-40-72)92(78-27-15-9-16-28-78)79-29-17-10-18-30-79)45-57-86(88)87-58-46-75(63-89(87)91)73-41-51-83(52-42-73)93(80-31-19-11-20-32-80)81-33-21-12-22-34-81/h8-22,25-58,62-63,67,69H,4-7,23-24,59-61,64-66H2,1-3H3. The van der Waals surface area contributed by atoms with E-state index < -0.39 is 5.41 Å². The molecule has 96 heavy (non-hydrogen) atoms. The van der Waals surface area contributed by atoms with Crippen LogP contribution in [0.1, 0.15) is 123 Å². The van der Waals surface area contributed by atoms with E-state index in [-0.39, 0.29) is 0 Å². The van der Waals surface area contributed by atoms with Crippen LogP contribution < -0.4 is 19.3 Å². The first kappa shape index (κ1) is 63.2. The molecule has 0 bridgehead atoms. The van der Waals surface area contributed by atoms with Gasteiger partial charge in [0.2, 0.25) is 0 Å². The maximum atomic E-state index is 6.71. The minimum absolute atomic E-state index is 0.420. The van der Waals surface area contributed by atoms with Gasteiger partial charge in [0.15, 0.2) is 0 Å². The Hall–Kier alpha value is -10.2. The van der Waals surface area contributed by atoms with Gasteiger partial charge in [-0.3, -0.25) is 0 Å². The monoisotopic (exact) mass is 1250 g/mol. The minimum Gasteiger partial charge on any atom is -0.494 e. The Bertz CT molecular complexity index is 4180. The summed E-state index contributed by atoms with van der Waals surface area (Å²) in [4.78, 5) is 4.64. The third-order valence-corrected chi connectivity index (χ3v) is 20.5. The third-order valence-electron chi connectivity index (χ3n) is 20.5. The summed E-state index contributed by atoms with van der Waals surface area (Å²) in [5.74, 6) is 2.67. The number of nitrogens with zero attached hydrogens (tertiary/aromatic N) is 2. The Balaban J connectivity index is 0.726. The van der Waals surface area contributed by atoms with Crippen LogP contribution >= 0.6 is 0 Å². The number of ether oxygens (including phenoxy) is 3. The SMILES string of the molecule is CCC(CC(C)c1ccc(OCCCCCCC2(CC)COC2)cc1)c1ccc(COc2ccc(C3(c4ccccc4)c4cc(-c5ccc(N(c6ccccc6)c6ccccc6)cc5)ccc4-c4ccc(-c5ccc(N(c6ccccc6)c6ccccc6)cc5)cc43)cc2)cc1. The average Bonchev–Trinajstić information content (AvgIpc) is 1.50. The van der Waals surface area contributed by atoms with E-state index in [2.05, 4.69) is 340 Å². The zero-order valence-electron chi connectivity index (χ0n) is 55.7. The second-order valence-electron chi connectivity index (χ2n) is 26.5. The first-order valence-corrected chi connectivity index (χ1v) is 34.9. The van der Waals surface area contributed by atoms with E-state index in [9.17, 15) is 0 Å². The quantitative estimate of drug-likeness (QED) is 0.0479. The van der Waals surface area contributed by atoms with E-state index in [0.717, 1.165) is 113 Å². The molecule has 14 rings (SSSR count). The maximum absolute atomic E-state index is 6.71. The van der Waals surface area contributed by atoms with Crippen LogP contribution in [0.5, 0.6) is 11.5 Å². The molecule has 0 radical (unpaired) electrons. The molecule has 1 fully saturated rings. The van der Waals surface area contributed by atoms with Crippen molar-refractivity contribution in [2.75, 3.05) is 29.6 Å². The summed E-state index contributed by atoms with van der Waals surface area (Å²) in [5, 5.41) is 0. The number of hydrogen-bond donors (Lipinski definition) is 0. The van der Waals surface area contributed by atoms with Gasteiger partial charge in [-0.25, -0.2) is 0 Å². The molecule has 2 atom stereocenters. The Labute approximate surface area is 569 Å². The average molecular weight is 1260 g/mol. The number of para-hydroxylation sites is 4. The maximum Gasteiger partial charge on any atom is 0.119 e. The Morgan fingerprint density at radius 3 is 1.27 bits per heavy atom. The summed E-state index contributed by atoms with van der Waals surface area (Å²) < 4.78 is 18.4. The molecule has 12 aromatic rings. The molecule has 1 saturated heterocycles. The van der Waals surface area contributed by atoms with Gasteiger partial charge in [-0.15, -0.1) is 0 Å². The van der Waals surface area contributed by atoms with Crippen LogP contribution in [0.15, 0.2) is 309 Å². The van der Waals surface area contributed by atoms with Crippen molar-refractivity contribution in [3.05, 3.63) is 348 Å². The molecular weight excluding hydrogens is 1170 g/mol. The number of benzene rings is 12. The molecule has 478 valence electrons. The summed E-state index contributed by atoms with van der Waals surface area (Å²) >= 11 is 0. The molecule has 5 nitrogen and oxygen atoms in total. The van der Waals surface area contributed by atoms with E-state index in [1.165, 1.54) is 76.6 Å². The van der Waals surface area contributed by atoms with Crippen molar-refractivity contribution in [3.63, 3.8) is 0 Å². The van der Waals surface area contributed by atoms with E-state index in [4.69, 9.17) is 14.2 Å². The summed E-state index contributed by atoms with van der Waals surface area (Å²) in [5.41, 5.74) is 22.3. The molecule has 1 aliphatic carbocycles. The molecule has 0 aromatic heterocycles. The Morgan fingerprint density at radius 2 is 0.812 bits per heavy atom. The fraction of sp³-hybridized carbons (Fsp3) is 0.209. The number of rotatable bonds is 27. The molecule has 12 aromatic carbocycles. The van der Waals surface area contributed by atoms with Gasteiger partial charge >= 0.3 is 0 Å². The lowest BCUT2D eigenvalue weighted by Crippen LogP contribution is -2.41. The van der Waals surface area contributed by atoms with Crippen LogP contribution in [0, 0.1) is 5.41 Å². The van der Waals surface area contributed by atoms with Gasteiger partial charge in [0, 0.05) is 39.5 Å². The zero-order chi connectivity index (χ0) is 65.1. The normalized spacial score (nSPS) is 13.9. The molecule has 5 heteroatoms. The third kappa shape index (κ3) is 13.4. The lowest BCUT2D eigenvalue weighted by Gasteiger charge is -2.41. The second-order valence-corrected chi connectivity index (χ2v) is 26.5. The van der Waals surface area contributed by atoms with Crippen LogP contribution in [0.4, 0.5) is 34.1 Å². The topological polar surface area (TPSA) is 34.2 Å². The molecule has 1 aliphatic heterocycles. The first-order valence-electron chi connectivity index (χ1n) is 34.9. The van der Waals surface area contributed by atoms with Crippen LogP contribution in [-0.2, 0) is 16.8 Å². The molecular formula is C91H86N2O3. The highest BCUT2D eigenvalue weighted by Crippen LogP contribution is 2.58. The fourth-order valence-corrected chi connectivity index (χ4v) is 14.9. The van der Waals surface area contributed by atoms with Crippen molar-refractivity contribution in [2.24, 2.45) is 5.41 Å². The van der Waals surface area contributed by atoms with Crippen LogP contribution in [0.2, 0.25) is 0 Å². The molecule has 0 spiro atoms. The van der Waals surface area contributed by atoms with E-state index in [1.54, 1.807) is 0 Å². The summed E-state index contributed by atoms with van der Waals surface area (Å²) in [6, 6.07) is 113. The second kappa shape index (κ2) is 29.2. The first-order chi connectivity index (χ1) is 47.4. The van der Waals surface area contributed by atoms with Gasteiger partial charge in [-0.05, 0) is 225 Å². The van der Waals surface area contributed by atoms with Gasteiger partial charge in [-0.2, -0.15) is 0 Å². The highest BCUT2D eigenvalue weighted by atomic mass is 16.5. The number of hydrogen-bond acceptors (Lipinski definition) is 5. The molecule has 2 aliphatic rings. The number of anilines is 6. The van der Waals surface area contributed by atoms with Gasteiger partial charge in [-0.1, -0.05) is 240 Å². The predicted octanol–water partition coefficient (Wildman–Crippen LogP) is 24.3. The number of fused-ring (bicyclic) bond motifs is 3. The van der Waals surface area contributed by atoms with Gasteiger partial charge < -0.3 is 24.0 Å². The summed E-state index contributed by atoms with van der Waals surface area (Å²) in [6.45, 7) is 10.1. The molecule has 0 amide bonds. The molecule has 2 unspecified atom stereocenters. The lowest BCUT2D eigenvalue weighted by molar-refractivity contribution is -0.120. The van der Waals surface area contributed by atoms with Crippen LogP contribution in [0.3, 0.4) is 0 Å². The summed E-state index contributed by atoms with van der Waals surface area (Å²) in [7, 11) is 0. The van der Waals surface area contributed by atoms with E-state index in [0.29, 0.717) is 23.9 Å². The summed E-state index contributed by atoms with van der Waals surface area (Å²) in [6.07, 6.45) is 9.57. The van der Waals surface area contributed by atoms with Crippen LogP contribution in [-0.4, -0.2) is 19.8 Å². The van der Waals surface area contributed by atoms with Crippen molar-refractivity contribution >= 4 is 34.1 Å². The highest BCUT2D eigenvalue weighted by Gasteiger charge is 2.47. The van der Waals surface area contributed by atoms with Crippen molar-refractivity contribution in [1.82, 2.24) is 0 Å². The smallest absolute Gasteiger partial charge is 0.119 e. The van der Waals surface area contributed by atoms with Gasteiger partial charge in [0.25, 0.3) is 0 Å². The van der Waals surface area contributed by atoms with E-state index in [1.807, 2.05) is 0 Å². The van der Waals surface area contributed by atoms with Crippen molar-refractivity contribution < 1.29 is 14.2 Å². The fourth-order valence-electron chi connectivity index (χ4n) is 14.9.